The van der Waals surface area contributed by atoms with Crippen molar-refractivity contribution in [3.63, 3.8) is 0 Å². The summed E-state index contributed by atoms with van der Waals surface area (Å²) in [6.45, 7) is 7.44. The van der Waals surface area contributed by atoms with Crippen LogP contribution in [0.15, 0.2) is 48.5 Å². The van der Waals surface area contributed by atoms with Crippen LogP contribution in [0.2, 0.25) is 0 Å². The lowest BCUT2D eigenvalue weighted by Crippen LogP contribution is -2.31. The molecule has 2 aromatic carbocycles. The second-order valence-electron chi connectivity index (χ2n) is 6.22. The van der Waals surface area contributed by atoms with Crippen LogP contribution in [0, 0.1) is 6.92 Å². The smallest absolute Gasteiger partial charge is 0.265 e. The number of rotatable bonds is 6. The van der Waals surface area contributed by atoms with E-state index in [9.17, 15) is 9.59 Å². The average molecular weight is 340 g/mol. The van der Waals surface area contributed by atoms with Crippen LogP contribution in [-0.4, -0.2) is 24.0 Å². The van der Waals surface area contributed by atoms with Crippen LogP contribution < -0.4 is 15.4 Å². The van der Waals surface area contributed by atoms with Crippen molar-refractivity contribution in [3.8, 4) is 5.75 Å². The Morgan fingerprint density at radius 1 is 0.960 bits per heavy atom. The van der Waals surface area contributed by atoms with E-state index in [1.165, 1.54) is 0 Å². The van der Waals surface area contributed by atoms with Gasteiger partial charge in [0.1, 0.15) is 5.75 Å². The summed E-state index contributed by atoms with van der Waals surface area (Å²) in [6, 6.07) is 14.4. The predicted molar refractivity (Wildman–Crippen MR) is 98.9 cm³/mol. The highest BCUT2D eigenvalue weighted by Gasteiger charge is 2.16. The Labute approximate surface area is 148 Å². The van der Waals surface area contributed by atoms with E-state index in [1.807, 2.05) is 45.0 Å². The number of benzene rings is 2. The lowest BCUT2D eigenvalue weighted by molar-refractivity contribution is -0.122. The number of ether oxygens (including phenoxy) is 1. The fourth-order valence-corrected chi connectivity index (χ4v) is 2.23. The van der Waals surface area contributed by atoms with Gasteiger partial charge in [0, 0.05) is 17.3 Å². The van der Waals surface area contributed by atoms with Crippen LogP contribution in [0.25, 0.3) is 0 Å². The van der Waals surface area contributed by atoms with E-state index in [2.05, 4.69) is 10.6 Å². The number of para-hydroxylation sites is 1. The van der Waals surface area contributed by atoms with Crippen molar-refractivity contribution in [1.29, 1.82) is 0 Å². The van der Waals surface area contributed by atoms with Gasteiger partial charge in [-0.1, -0.05) is 18.2 Å². The highest BCUT2D eigenvalue weighted by Crippen LogP contribution is 2.18. The highest BCUT2D eigenvalue weighted by molar-refractivity contribution is 5.96. The molecule has 2 amide bonds. The lowest BCUT2D eigenvalue weighted by Gasteiger charge is -2.16. The molecular weight excluding hydrogens is 316 g/mol. The predicted octanol–water partition coefficient (Wildman–Crippen LogP) is 3.54. The molecule has 0 bridgehead atoms. The van der Waals surface area contributed by atoms with Crippen molar-refractivity contribution in [2.75, 3.05) is 5.32 Å². The monoisotopic (exact) mass is 340 g/mol. The van der Waals surface area contributed by atoms with Crippen molar-refractivity contribution >= 4 is 17.5 Å². The number of nitrogens with one attached hydrogen (secondary N) is 2. The van der Waals surface area contributed by atoms with E-state index < -0.39 is 6.10 Å². The first kappa shape index (κ1) is 18.5. The van der Waals surface area contributed by atoms with Gasteiger partial charge in [-0.15, -0.1) is 0 Å². The largest absolute Gasteiger partial charge is 0.481 e. The number of aryl methyl sites for hydroxylation is 1. The van der Waals surface area contributed by atoms with Crippen LogP contribution in [0.1, 0.15) is 36.7 Å². The van der Waals surface area contributed by atoms with Crippen LogP contribution in [0.3, 0.4) is 0 Å². The molecule has 1 unspecified atom stereocenters. The SMILES string of the molecule is Cc1ccccc1OC(C)C(=O)Nc1ccc(C(=O)NC(C)C)cc1. The molecule has 0 radical (unpaired) electrons. The third-order valence-electron chi connectivity index (χ3n) is 3.60. The van der Waals surface area contributed by atoms with Crippen LogP contribution in [0.5, 0.6) is 5.75 Å². The molecule has 2 aromatic rings. The maximum atomic E-state index is 12.3. The van der Waals surface area contributed by atoms with Gasteiger partial charge in [0.15, 0.2) is 6.10 Å². The summed E-state index contributed by atoms with van der Waals surface area (Å²) in [5.41, 5.74) is 2.14. The summed E-state index contributed by atoms with van der Waals surface area (Å²) in [5.74, 6) is 0.303. The number of amides is 2. The van der Waals surface area contributed by atoms with Crippen LogP contribution in [0.4, 0.5) is 5.69 Å². The van der Waals surface area contributed by atoms with Crippen molar-refractivity contribution in [1.82, 2.24) is 5.32 Å². The standard InChI is InChI=1S/C20H24N2O3/c1-13(2)21-20(24)16-9-11-17(12-10-16)22-19(23)15(4)25-18-8-6-5-7-14(18)3/h5-13,15H,1-4H3,(H,21,24)(H,22,23). The molecule has 132 valence electrons. The molecule has 5 nitrogen and oxygen atoms in total. The van der Waals surface area contributed by atoms with Gasteiger partial charge in [-0.3, -0.25) is 9.59 Å². The molecule has 0 saturated heterocycles. The molecular formula is C20H24N2O3. The minimum Gasteiger partial charge on any atom is -0.481 e. The van der Waals surface area contributed by atoms with Gasteiger partial charge in [0.05, 0.1) is 0 Å². The number of hydrogen-bond acceptors (Lipinski definition) is 3. The summed E-state index contributed by atoms with van der Waals surface area (Å²) in [5, 5.41) is 5.62. The highest BCUT2D eigenvalue weighted by atomic mass is 16.5. The number of carbonyl (C=O) groups is 2. The maximum Gasteiger partial charge on any atom is 0.265 e. The Morgan fingerprint density at radius 2 is 1.60 bits per heavy atom. The molecule has 2 rings (SSSR count). The summed E-state index contributed by atoms with van der Waals surface area (Å²) >= 11 is 0. The van der Waals surface area contributed by atoms with E-state index in [-0.39, 0.29) is 17.9 Å². The van der Waals surface area contributed by atoms with Crippen LogP contribution >= 0.6 is 0 Å². The van der Waals surface area contributed by atoms with E-state index in [4.69, 9.17) is 4.74 Å². The van der Waals surface area contributed by atoms with Gasteiger partial charge in [0.2, 0.25) is 0 Å². The molecule has 0 saturated carbocycles. The van der Waals surface area contributed by atoms with E-state index in [1.54, 1.807) is 31.2 Å². The van der Waals surface area contributed by atoms with Gasteiger partial charge in [0.25, 0.3) is 11.8 Å². The van der Waals surface area contributed by atoms with Gasteiger partial charge in [-0.05, 0) is 63.6 Å². The molecule has 0 aliphatic carbocycles. The molecule has 2 N–H and O–H groups in total. The molecule has 0 aliphatic rings. The fraction of sp³-hybridized carbons (Fsp3) is 0.300. The first-order valence-corrected chi connectivity index (χ1v) is 8.31. The summed E-state index contributed by atoms with van der Waals surface area (Å²) in [7, 11) is 0. The normalized spacial score (nSPS) is 11.7. The van der Waals surface area contributed by atoms with Gasteiger partial charge in [-0.2, -0.15) is 0 Å². The Bertz CT molecular complexity index is 739. The zero-order valence-corrected chi connectivity index (χ0v) is 15.0. The van der Waals surface area contributed by atoms with E-state index in [0.717, 1.165) is 5.56 Å². The molecule has 25 heavy (non-hydrogen) atoms. The first-order valence-electron chi connectivity index (χ1n) is 8.31. The second kappa shape index (κ2) is 8.33. The maximum absolute atomic E-state index is 12.3. The van der Waals surface area contributed by atoms with Crippen molar-refractivity contribution in [3.05, 3.63) is 59.7 Å². The summed E-state index contributed by atoms with van der Waals surface area (Å²) in [4.78, 5) is 24.2. The summed E-state index contributed by atoms with van der Waals surface area (Å²) < 4.78 is 5.71. The van der Waals surface area contributed by atoms with Crippen LogP contribution in [-0.2, 0) is 4.79 Å². The zero-order valence-electron chi connectivity index (χ0n) is 15.0. The summed E-state index contributed by atoms with van der Waals surface area (Å²) in [6.07, 6.45) is -0.634. The molecule has 0 spiro atoms. The average Bonchev–Trinajstić information content (AvgIpc) is 2.56. The molecule has 0 heterocycles. The molecule has 0 fully saturated rings. The molecule has 0 aromatic heterocycles. The quantitative estimate of drug-likeness (QED) is 0.845. The topological polar surface area (TPSA) is 67.4 Å². The van der Waals surface area contributed by atoms with Gasteiger partial charge < -0.3 is 15.4 Å². The Balaban J connectivity index is 1.96. The number of hydrogen-bond donors (Lipinski definition) is 2. The van der Waals surface area contributed by atoms with Crippen molar-refractivity contribution in [2.24, 2.45) is 0 Å². The second-order valence-corrected chi connectivity index (χ2v) is 6.22. The number of anilines is 1. The van der Waals surface area contributed by atoms with E-state index in [0.29, 0.717) is 17.0 Å². The number of carbonyl (C=O) groups excluding carboxylic acids is 2. The third-order valence-corrected chi connectivity index (χ3v) is 3.60. The lowest BCUT2D eigenvalue weighted by atomic mass is 10.2. The van der Waals surface area contributed by atoms with Gasteiger partial charge in [-0.25, -0.2) is 0 Å². The molecule has 1 atom stereocenters. The molecule has 0 aliphatic heterocycles. The molecule has 5 heteroatoms. The zero-order chi connectivity index (χ0) is 18.4. The Morgan fingerprint density at radius 3 is 2.20 bits per heavy atom. The first-order chi connectivity index (χ1) is 11.9. The third kappa shape index (κ3) is 5.35. The van der Waals surface area contributed by atoms with E-state index >= 15 is 0 Å². The minimum absolute atomic E-state index is 0.0753. The Kier molecular flexibility index (Phi) is 6.17. The van der Waals surface area contributed by atoms with Crippen molar-refractivity contribution in [2.45, 2.75) is 39.8 Å². The Hall–Kier alpha value is -2.82. The van der Waals surface area contributed by atoms with Crippen molar-refractivity contribution < 1.29 is 14.3 Å². The van der Waals surface area contributed by atoms with Gasteiger partial charge >= 0.3 is 0 Å². The minimum atomic E-state index is -0.634. The fourth-order valence-electron chi connectivity index (χ4n) is 2.23.